The van der Waals surface area contributed by atoms with Crippen LogP contribution in [0.4, 0.5) is 5.13 Å². The van der Waals surface area contributed by atoms with Gasteiger partial charge in [0.2, 0.25) is 15.2 Å². The van der Waals surface area contributed by atoms with Crippen LogP contribution in [0.15, 0.2) is 53.4 Å². The van der Waals surface area contributed by atoms with E-state index in [0.717, 1.165) is 22.3 Å². The summed E-state index contributed by atoms with van der Waals surface area (Å²) in [6.07, 6.45) is 0.625. The zero-order valence-corrected chi connectivity index (χ0v) is 19.0. The SMILES string of the molecule is COc1ccc(S(=O)(=O)N2CCN(c3nc(Cc4cccc(OC)c4)ns3)CC2)cc1. The first-order valence-electron chi connectivity index (χ1n) is 9.84. The second kappa shape index (κ2) is 9.21. The van der Waals surface area contributed by atoms with Crippen molar-refractivity contribution < 1.29 is 17.9 Å². The van der Waals surface area contributed by atoms with Gasteiger partial charge in [0.1, 0.15) is 17.3 Å². The molecule has 1 aliphatic rings. The molecule has 3 aromatic rings. The number of benzene rings is 2. The molecule has 1 fully saturated rings. The van der Waals surface area contributed by atoms with Crippen LogP contribution >= 0.6 is 11.5 Å². The lowest BCUT2D eigenvalue weighted by molar-refractivity contribution is 0.384. The van der Waals surface area contributed by atoms with E-state index >= 15 is 0 Å². The number of ether oxygens (including phenoxy) is 2. The second-order valence-electron chi connectivity index (χ2n) is 7.09. The number of hydrogen-bond donors (Lipinski definition) is 0. The van der Waals surface area contributed by atoms with Crippen LogP contribution in [0.1, 0.15) is 11.4 Å². The van der Waals surface area contributed by atoms with Crippen LogP contribution in [0.5, 0.6) is 11.5 Å². The van der Waals surface area contributed by atoms with Gasteiger partial charge in [0.05, 0.1) is 19.1 Å². The van der Waals surface area contributed by atoms with Crippen LogP contribution in [-0.2, 0) is 16.4 Å². The molecule has 10 heteroatoms. The molecule has 31 heavy (non-hydrogen) atoms. The molecule has 2 aromatic carbocycles. The first-order valence-corrected chi connectivity index (χ1v) is 12.1. The Morgan fingerprint density at radius 1 is 0.968 bits per heavy atom. The molecule has 0 amide bonds. The van der Waals surface area contributed by atoms with E-state index in [9.17, 15) is 8.42 Å². The summed E-state index contributed by atoms with van der Waals surface area (Å²) in [7, 11) is -0.329. The summed E-state index contributed by atoms with van der Waals surface area (Å²) >= 11 is 1.35. The molecule has 164 valence electrons. The van der Waals surface area contributed by atoms with E-state index in [1.54, 1.807) is 38.5 Å². The van der Waals surface area contributed by atoms with E-state index in [0.29, 0.717) is 38.3 Å². The van der Waals surface area contributed by atoms with Crippen LogP contribution in [0.25, 0.3) is 0 Å². The van der Waals surface area contributed by atoms with Gasteiger partial charge in [0.15, 0.2) is 0 Å². The van der Waals surface area contributed by atoms with Crippen molar-refractivity contribution in [2.45, 2.75) is 11.3 Å². The largest absolute Gasteiger partial charge is 0.497 e. The zero-order valence-electron chi connectivity index (χ0n) is 17.4. The van der Waals surface area contributed by atoms with Crippen molar-refractivity contribution in [3.63, 3.8) is 0 Å². The molecule has 0 saturated carbocycles. The Morgan fingerprint density at radius 2 is 1.68 bits per heavy atom. The number of rotatable bonds is 7. The molecule has 0 spiro atoms. The molecule has 8 nitrogen and oxygen atoms in total. The lowest BCUT2D eigenvalue weighted by Crippen LogP contribution is -2.48. The molecule has 0 atom stereocenters. The first-order chi connectivity index (χ1) is 15.0. The number of sulfonamides is 1. The highest BCUT2D eigenvalue weighted by molar-refractivity contribution is 7.89. The van der Waals surface area contributed by atoms with E-state index in [4.69, 9.17) is 9.47 Å². The summed E-state index contributed by atoms with van der Waals surface area (Å²) in [6, 6.07) is 14.3. The molecule has 0 bridgehead atoms. The lowest BCUT2D eigenvalue weighted by Gasteiger charge is -2.33. The quantitative estimate of drug-likeness (QED) is 0.536. The van der Waals surface area contributed by atoms with Gasteiger partial charge in [0, 0.05) is 44.1 Å². The number of hydrogen-bond acceptors (Lipinski definition) is 8. The standard InChI is InChI=1S/C21H24N4O4S2/c1-28-17-6-8-19(9-7-17)31(26,27)25-12-10-24(11-13-25)21-22-20(23-30-21)15-16-4-3-5-18(14-16)29-2/h3-9,14H,10-13,15H2,1-2H3. The third-order valence-electron chi connectivity index (χ3n) is 5.16. The van der Waals surface area contributed by atoms with Crippen LogP contribution in [0.2, 0.25) is 0 Å². The van der Waals surface area contributed by atoms with Crippen LogP contribution in [0.3, 0.4) is 0 Å². The maximum absolute atomic E-state index is 12.9. The van der Waals surface area contributed by atoms with Crippen molar-refractivity contribution in [2.75, 3.05) is 45.3 Å². The maximum atomic E-state index is 12.9. The van der Waals surface area contributed by atoms with Gasteiger partial charge >= 0.3 is 0 Å². The van der Waals surface area contributed by atoms with Crippen molar-refractivity contribution in [3.05, 3.63) is 59.9 Å². The predicted molar refractivity (Wildman–Crippen MR) is 120 cm³/mol. The molecule has 0 radical (unpaired) electrons. The lowest BCUT2D eigenvalue weighted by atomic mass is 10.1. The summed E-state index contributed by atoms with van der Waals surface area (Å²) in [4.78, 5) is 7.03. The van der Waals surface area contributed by atoms with E-state index in [2.05, 4.69) is 14.3 Å². The van der Waals surface area contributed by atoms with Crippen molar-refractivity contribution in [3.8, 4) is 11.5 Å². The minimum atomic E-state index is -3.53. The fraction of sp³-hybridized carbons (Fsp3) is 0.333. The van der Waals surface area contributed by atoms with E-state index in [-0.39, 0.29) is 4.90 Å². The Labute approximate surface area is 186 Å². The normalized spacial score (nSPS) is 15.1. The molecule has 0 N–H and O–H groups in total. The third-order valence-corrected chi connectivity index (χ3v) is 7.89. The van der Waals surface area contributed by atoms with Crippen LogP contribution in [-0.4, -0.2) is 62.5 Å². The fourth-order valence-corrected chi connectivity index (χ4v) is 5.59. The second-order valence-corrected chi connectivity index (χ2v) is 9.76. The maximum Gasteiger partial charge on any atom is 0.243 e. The number of nitrogens with zero attached hydrogens (tertiary/aromatic N) is 4. The van der Waals surface area contributed by atoms with Gasteiger partial charge in [-0.05, 0) is 42.0 Å². The Kier molecular flexibility index (Phi) is 6.40. The predicted octanol–water partition coefficient (Wildman–Crippen LogP) is 2.66. The summed E-state index contributed by atoms with van der Waals surface area (Å²) in [5.74, 6) is 2.19. The van der Waals surface area contributed by atoms with Crippen LogP contribution < -0.4 is 14.4 Å². The molecule has 4 rings (SSSR count). The van der Waals surface area contributed by atoms with Gasteiger partial charge in [-0.1, -0.05) is 12.1 Å². The average molecular weight is 461 g/mol. The fourth-order valence-electron chi connectivity index (χ4n) is 3.43. The number of aromatic nitrogens is 2. The molecular formula is C21H24N4O4S2. The Balaban J connectivity index is 1.38. The van der Waals surface area contributed by atoms with Crippen LogP contribution in [0, 0.1) is 0 Å². The smallest absolute Gasteiger partial charge is 0.243 e. The van der Waals surface area contributed by atoms with Crippen molar-refractivity contribution in [2.24, 2.45) is 0 Å². The van der Waals surface area contributed by atoms with E-state index in [1.165, 1.54) is 15.8 Å². The number of anilines is 1. The Morgan fingerprint density at radius 3 is 2.35 bits per heavy atom. The summed E-state index contributed by atoms with van der Waals surface area (Å²) < 4.78 is 42.2. The zero-order chi connectivity index (χ0) is 21.8. The van der Waals surface area contributed by atoms with Crippen molar-refractivity contribution >= 4 is 26.7 Å². The highest BCUT2D eigenvalue weighted by Gasteiger charge is 2.29. The minimum Gasteiger partial charge on any atom is -0.497 e. The monoisotopic (exact) mass is 460 g/mol. The summed E-state index contributed by atoms with van der Waals surface area (Å²) in [5.41, 5.74) is 1.08. The van der Waals surface area contributed by atoms with Gasteiger partial charge < -0.3 is 14.4 Å². The third kappa shape index (κ3) is 4.81. The van der Waals surface area contributed by atoms with Gasteiger partial charge in [-0.25, -0.2) is 13.4 Å². The highest BCUT2D eigenvalue weighted by atomic mass is 32.2. The Bertz CT molecular complexity index is 1120. The molecule has 1 aliphatic heterocycles. The van der Waals surface area contributed by atoms with Crippen molar-refractivity contribution in [1.29, 1.82) is 0 Å². The molecular weight excluding hydrogens is 436 g/mol. The topological polar surface area (TPSA) is 84.9 Å². The summed E-state index contributed by atoms with van der Waals surface area (Å²) in [5, 5.41) is 0.819. The molecule has 2 heterocycles. The average Bonchev–Trinajstić information content (AvgIpc) is 3.27. The molecule has 1 saturated heterocycles. The molecule has 1 aromatic heterocycles. The summed E-state index contributed by atoms with van der Waals surface area (Å²) in [6.45, 7) is 1.95. The highest BCUT2D eigenvalue weighted by Crippen LogP contribution is 2.24. The van der Waals surface area contributed by atoms with Crippen molar-refractivity contribution in [1.82, 2.24) is 13.7 Å². The first kappa shape index (κ1) is 21.5. The van der Waals surface area contributed by atoms with Gasteiger partial charge in [-0.3, -0.25) is 0 Å². The van der Waals surface area contributed by atoms with Gasteiger partial charge in [-0.15, -0.1) is 0 Å². The Hall–Kier alpha value is -2.69. The number of piperazine rings is 1. The van der Waals surface area contributed by atoms with Gasteiger partial charge in [-0.2, -0.15) is 8.68 Å². The molecule has 0 unspecified atom stereocenters. The number of methoxy groups -OCH3 is 2. The van der Waals surface area contributed by atoms with E-state index < -0.39 is 10.0 Å². The molecule has 0 aliphatic carbocycles. The minimum absolute atomic E-state index is 0.276. The van der Waals surface area contributed by atoms with E-state index in [1.807, 2.05) is 24.3 Å². The van der Waals surface area contributed by atoms with Gasteiger partial charge in [0.25, 0.3) is 0 Å².